The molecule has 0 saturated carbocycles. The molecule has 5 nitrogen and oxygen atoms in total. The van der Waals surface area contributed by atoms with Gasteiger partial charge in [-0.05, 0) is 59.7 Å². The van der Waals surface area contributed by atoms with E-state index in [0.29, 0.717) is 5.82 Å². The lowest BCUT2D eigenvalue weighted by Crippen LogP contribution is -2.09. The Morgan fingerprint density at radius 2 is 1.08 bits per heavy atom. The number of anilines is 2. The van der Waals surface area contributed by atoms with Crippen molar-refractivity contribution >= 4 is 11.4 Å². The molecule has 4 aromatic rings. The maximum atomic E-state index is 4.18. The molecule has 0 amide bonds. The molecule has 0 bridgehead atoms. The van der Waals surface area contributed by atoms with Crippen molar-refractivity contribution in [2.45, 2.75) is 0 Å². The fourth-order valence-electron chi connectivity index (χ4n) is 2.79. The first kappa shape index (κ1) is 15.9. The van der Waals surface area contributed by atoms with Crippen LogP contribution >= 0.6 is 0 Å². The summed E-state index contributed by atoms with van der Waals surface area (Å²) in [7, 11) is 2.05. The summed E-state index contributed by atoms with van der Waals surface area (Å²) in [6, 6.07) is 20.7. The summed E-state index contributed by atoms with van der Waals surface area (Å²) in [5.74, 6) is 0.677. The Kier molecular flexibility index (Phi) is 4.35. The van der Waals surface area contributed by atoms with Crippen molar-refractivity contribution in [1.82, 2.24) is 19.9 Å². The minimum atomic E-state index is 0.677. The molecule has 0 saturated heterocycles. The fraction of sp³-hybridized carbons (Fsp3) is 0.0476. The van der Waals surface area contributed by atoms with Crippen LogP contribution in [0.2, 0.25) is 0 Å². The van der Waals surface area contributed by atoms with E-state index in [1.807, 2.05) is 36.7 Å². The maximum absolute atomic E-state index is 4.18. The highest BCUT2D eigenvalue weighted by Gasteiger charge is 2.06. The first-order chi connectivity index (χ1) is 12.8. The Morgan fingerprint density at radius 3 is 1.65 bits per heavy atom. The van der Waals surface area contributed by atoms with Gasteiger partial charge in [0.2, 0.25) is 0 Å². The zero-order chi connectivity index (χ0) is 17.8. The molecular formula is C21H17N5. The minimum Gasteiger partial charge on any atom is -0.345 e. The van der Waals surface area contributed by atoms with Crippen LogP contribution in [0.1, 0.15) is 0 Å². The summed E-state index contributed by atoms with van der Waals surface area (Å²) in [6.45, 7) is 0. The summed E-state index contributed by atoms with van der Waals surface area (Å²) in [5.41, 5.74) is 5.53. The molecule has 26 heavy (non-hydrogen) atoms. The average molecular weight is 339 g/mol. The predicted molar refractivity (Wildman–Crippen MR) is 103 cm³/mol. The fourth-order valence-corrected chi connectivity index (χ4v) is 2.79. The van der Waals surface area contributed by atoms with E-state index in [1.165, 1.54) is 18.2 Å². The van der Waals surface area contributed by atoms with Gasteiger partial charge < -0.3 is 4.90 Å². The lowest BCUT2D eigenvalue weighted by molar-refractivity contribution is 1.06. The van der Waals surface area contributed by atoms with E-state index in [9.17, 15) is 0 Å². The van der Waals surface area contributed by atoms with Crippen LogP contribution in [0.25, 0.3) is 22.5 Å². The molecule has 0 aliphatic heterocycles. The first-order valence-electron chi connectivity index (χ1n) is 8.28. The van der Waals surface area contributed by atoms with E-state index in [4.69, 9.17) is 0 Å². The van der Waals surface area contributed by atoms with Gasteiger partial charge in [-0.15, -0.1) is 0 Å². The molecule has 0 aliphatic rings. The summed E-state index contributed by atoms with van der Waals surface area (Å²) in [5, 5.41) is 0. The molecule has 0 N–H and O–H groups in total. The van der Waals surface area contributed by atoms with Crippen molar-refractivity contribution in [3.63, 3.8) is 0 Å². The Morgan fingerprint density at radius 1 is 0.577 bits per heavy atom. The van der Waals surface area contributed by atoms with E-state index in [2.05, 4.69) is 68.3 Å². The van der Waals surface area contributed by atoms with Gasteiger partial charge in [0.1, 0.15) is 12.7 Å². The van der Waals surface area contributed by atoms with E-state index >= 15 is 0 Å². The van der Waals surface area contributed by atoms with Crippen molar-refractivity contribution < 1.29 is 0 Å². The van der Waals surface area contributed by atoms with Crippen LogP contribution in [-0.2, 0) is 0 Å². The highest BCUT2D eigenvalue weighted by atomic mass is 15.1. The molecule has 2 heterocycles. The van der Waals surface area contributed by atoms with Gasteiger partial charge in [-0.2, -0.15) is 0 Å². The standard InChI is InChI=1S/C21H17N5/c1-26(19-6-2-16(3-7-19)17-10-12-22-13-11-17)20-8-4-18(5-9-20)21-24-14-23-15-25-21/h2-15H,1H3. The van der Waals surface area contributed by atoms with Crippen LogP contribution in [0.5, 0.6) is 0 Å². The summed E-state index contributed by atoms with van der Waals surface area (Å²) >= 11 is 0. The summed E-state index contributed by atoms with van der Waals surface area (Å²) < 4.78 is 0. The van der Waals surface area contributed by atoms with Gasteiger partial charge in [-0.3, -0.25) is 4.98 Å². The van der Waals surface area contributed by atoms with Crippen molar-refractivity contribution in [3.05, 3.63) is 85.7 Å². The molecule has 2 aromatic heterocycles. The first-order valence-corrected chi connectivity index (χ1v) is 8.28. The number of benzene rings is 2. The molecule has 0 aliphatic carbocycles. The van der Waals surface area contributed by atoms with Gasteiger partial charge in [-0.1, -0.05) is 12.1 Å². The van der Waals surface area contributed by atoms with Gasteiger partial charge in [0.05, 0.1) is 0 Å². The molecule has 5 heteroatoms. The van der Waals surface area contributed by atoms with Crippen molar-refractivity contribution in [3.8, 4) is 22.5 Å². The lowest BCUT2D eigenvalue weighted by atomic mass is 10.1. The summed E-state index contributed by atoms with van der Waals surface area (Å²) in [6.07, 6.45) is 6.63. The van der Waals surface area contributed by atoms with E-state index in [-0.39, 0.29) is 0 Å². The number of pyridine rings is 1. The number of hydrogen-bond acceptors (Lipinski definition) is 5. The maximum Gasteiger partial charge on any atom is 0.162 e. The van der Waals surface area contributed by atoms with E-state index < -0.39 is 0 Å². The zero-order valence-electron chi connectivity index (χ0n) is 14.3. The normalized spacial score (nSPS) is 10.5. The highest BCUT2D eigenvalue weighted by Crippen LogP contribution is 2.28. The second kappa shape index (κ2) is 7.11. The third-order valence-electron chi connectivity index (χ3n) is 4.27. The van der Waals surface area contributed by atoms with Gasteiger partial charge in [0.15, 0.2) is 5.82 Å². The monoisotopic (exact) mass is 339 g/mol. The van der Waals surface area contributed by atoms with Crippen LogP contribution in [0.3, 0.4) is 0 Å². The molecule has 126 valence electrons. The van der Waals surface area contributed by atoms with Crippen molar-refractivity contribution in [1.29, 1.82) is 0 Å². The largest absolute Gasteiger partial charge is 0.345 e. The van der Waals surface area contributed by atoms with Gasteiger partial charge in [0, 0.05) is 36.4 Å². The second-order valence-electron chi connectivity index (χ2n) is 5.85. The Balaban J connectivity index is 1.55. The third kappa shape index (κ3) is 3.28. The van der Waals surface area contributed by atoms with Crippen LogP contribution in [0.4, 0.5) is 11.4 Å². The molecule has 0 spiro atoms. The molecule has 0 atom stereocenters. The van der Waals surface area contributed by atoms with Gasteiger partial charge >= 0.3 is 0 Å². The smallest absolute Gasteiger partial charge is 0.162 e. The molecule has 2 aromatic carbocycles. The number of nitrogens with zero attached hydrogens (tertiary/aromatic N) is 5. The van der Waals surface area contributed by atoms with Gasteiger partial charge in [-0.25, -0.2) is 15.0 Å². The second-order valence-corrected chi connectivity index (χ2v) is 5.85. The van der Waals surface area contributed by atoms with Crippen LogP contribution in [-0.4, -0.2) is 27.0 Å². The minimum absolute atomic E-state index is 0.677. The van der Waals surface area contributed by atoms with Crippen LogP contribution in [0, 0.1) is 0 Å². The average Bonchev–Trinajstić information content (AvgIpc) is 2.75. The van der Waals surface area contributed by atoms with Gasteiger partial charge in [0.25, 0.3) is 0 Å². The molecule has 0 radical (unpaired) electrons. The quantitative estimate of drug-likeness (QED) is 0.553. The van der Waals surface area contributed by atoms with Crippen molar-refractivity contribution in [2.75, 3.05) is 11.9 Å². The van der Waals surface area contributed by atoms with Crippen LogP contribution < -0.4 is 4.90 Å². The molecule has 4 rings (SSSR count). The molecule has 0 fully saturated rings. The Bertz CT molecular complexity index is 885. The predicted octanol–water partition coefficient (Wildman–Crippen LogP) is 4.37. The Hall–Kier alpha value is -3.60. The van der Waals surface area contributed by atoms with E-state index in [0.717, 1.165) is 22.5 Å². The Labute approximate surface area is 152 Å². The SMILES string of the molecule is CN(c1ccc(-c2ccncc2)cc1)c1ccc(-c2ncncn2)cc1. The van der Waals surface area contributed by atoms with Crippen molar-refractivity contribution in [2.24, 2.45) is 0 Å². The van der Waals surface area contributed by atoms with Crippen LogP contribution in [0.15, 0.2) is 85.7 Å². The number of hydrogen-bond donors (Lipinski definition) is 0. The lowest BCUT2D eigenvalue weighted by Gasteiger charge is -2.20. The number of rotatable bonds is 4. The summed E-state index contributed by atoms with van der Waals surface area (Å²) in [4.78, 5) is 18.4. The highest BCUT2D eigenvalue weighted by molar-refractivity contribution is 5.70. The molecular weight excluding hydrogens is 322 g/mol. The number of aromatic nitrogens is 4. The zero-order valence-corrected chi connectivity index (χ0v) is 14.3. The van der Waals surface area contributed by atoms with E-state index in [1.54, 1.807) is 0 Å². The molecule has 0 unspecified atom stereocenters. The third-order valence-corrected chi connectivity index (χ3v) is 4.27. The topological polar surface area (TPSA) is 54.8 Å².